The number of anilines is 2. The molecule has 0 bridgehead atoms. The second-order valence-electron chi connectivity index (χ2n) is 6.39. The second-order valence-corrected chi connectivity index (χ2v) is 8.32. The molecule has 0 saturated heterocycles. The Balaban J connectivity index is 2.31. The highest BCUT2D eigenvalue weighted by atomic mass is 32.2. The van der Waals surface area contributed by atoms with Gasteiger partial charge in [-0.05, 0) is 48.9 Å². The zero-order valence-electron chi connectivity index (χ0n) is 17.3. The maximum absolute atomic E-state index is 12.8. The van der Waals surface area contributed by atoms with Gasteiger partial charge in [0.25, 0.3) is 0 Å². The fourth-order valence-corrected chi connectivity index (χ4v) is 4.39. The lowest BCUT2D eigenvalue weighted by molar-refractivity contribution is -0.111. The van der Waals surface area contributed by atoms with Crippen LogP contribution in [0.5, 0.6) is 0 Å². The highest BCUT2D eigenvalue weighted by molar-refractivity contribution is 7.89. The van der Waals surface area contributed by atoms with Crippen molar-refractivity contribution >= 4 is 33.4 Å². The highest BCUT2D eigenvalue weighted by Gasteiger charge is 2.22. The van der Waals surface area contributed by atoms with Gasteiger partial charge >= 0.3 is 0 Å². The standard InChI is InChI=1S/C22H26N4O3S/c1-4-24-20-12-11-19(30(28,29)26(5-2)6-3)15-21(20)25-22(27)13-10-17-8-7-9-18(14-17)16-23/h7-15,24H,4-6H2,1-3H3,(H,25,27)/b13-10+. The molecule has 0 aliphatic heterocycles. The molecule has 0 heterocycles. The SMILES string of the molecule is CCNc1ccc(S(=O)(=O)N(CC)CC)cc1NC(=O)/C=C/c1cccc(C#N)c1. The number of carbonyl (C=O) groups is 1. The van der Waals surface area contributed by atoms with Gasteiger partial charge in [-0.15, -0.1) is 0 Å². The molecule has 8 heteroatoms. The van der Waals surface area contributed by atoms with Crippen molar-refractivity contribution in [2.24, 2.45) is 0 Å². The van der Waals surface area contributed by atoms with Crippen LogP contribution < -0.4 is 10.6 Å². The van der Waals surface area contributed by atoms with Crippen molar-refractivity contribution < 1.29 is 13.2 Å². The topological polar surface area (TPSA) is 102 Å². The summed E-state index contributed by atoms with van der Waals surface area (Å²) in [7, 11) is -3.65. The largest absolute Gasteiger partial charge is 0.384 e. The van der Waals surface area contributed by atoms with Crippen molar-refractivity contribution in [1.29, 1.82) is 5.26 Å². The predicted octanol–water partition coefficient (Wildman–Crippen LogP) is 3.67. The molecule has 30 heavy (non-hydrogen) atoms. The maximum atomic E-state index is 12.8. The zero-order chi connectivity index (χ0) is 22.1. The average Bonchev–Trinajstić information content (AvgIpc) is 2.74. The van der Waals surface area contributed by atoms with Crippen LogP contribution >= 0.6 is 0 Å². The molecule has 0 saturated carbocycles. The number of benzene rings is 2. The molecule has 0 spiro atoms. The summed E-state index contributed by atoms with van der Waals surface area (Å²) in [6.07, 6.45) is 2.94. The summed E-state index contributed by atoms with van der Waals surface area (Å²) in [5, 5.41) is 14.8. The Hall–Kier alpha value is -3.15. The van der Waals surface area contributed by atoms with Crippen LogP contribution in [0.25, 0.3) is 6.08 Å². The van der Waals surface area contributed by atoms with Gasteiger partial charge in [0.1, 0.15) is 0 Å². The molecule has 2 aromatic carbocycles. The fraction of sp³-hybridized carbons (Fsp3) is 0.273. The Morgan fingerprint density at radius 1 is 1.10 bits per heavy atom. The number of carbonyl (C=O) groups excluding carboxylic acids is 1. The van der Waals surface area contributed by atoms with Crippen molar-refractivity contribution in [2.75, 3.05) is 30.3 Å². The van der Waals surface area contributed by atoms with Gasteiger partial charge in [-0.1, -0.05) is 26.0 Å². The van der Waals surface area contributed by atoms with E-state index in [4.69, 9.17) is 5.26 Å². The normalized spacial score (nSPS) is 11.4. The first-order valence-electron chi connectivity index (χ1n) is 9.73. The molecule has 0 atom stereocenters. The second kappa shape index (κ2) is 10.6. The van der Waals surface area contributed by atoms with Crippen LogP contribution in [-0.2, 0) is 14.8 Å². The third kappa shape index (κ3) is 5.69. The van der Waals surface area contributed by atoms with Gasteiger partial charge in [0.2, 0.25) is 15.9 Å². The first-order valence-corrected chi connectivity index (χ1v) is 11.2. The number of nitriles is 1. The number of sulfonamides is 1. The summed E-state index contributed by atoms with van der Waals surface area (Å²) in [6.45, 7) is 6.81. The third-order valence-corrected chi connectivity index (χ3v) is 6.45. The van der Waals surface area contributed by atoms with Gasteiger partial charge in [0.15, 0.2) is 0 Å². The summed E-state index contributed by atoms with van der Waals surface area (Å²) in [6, 6.07) is 13.6. The van der Waals surface area contributed by atoms with E-state index in [1.165, 1.54) is 22.5 Å². The molecular weight excluding hydrogens is 400 g/mol. The first-order chi connectivity index (χ1) is 14.3. The fourth-order valence-electron chi connectivity index (χ4n) is 2.90. The number of amides is 1. The molecule has 7 nitrogen and oxygen atoms in total. The van der Waals surface area contributed by atoms with E-state index in [0.29, 0.717) is 42.1 Å². The molecular formula is C22H26N4O3S. The minimum Gasteiger partial charge on any atom is -0.384 e. The molecule has 0 fully saturated rings. The smallest absolute Gasteiger partial charge is 0.248 e. The quantitative estimate of drug-likeness (QED) is 0.596. The van der Waals surface area contributed by atoms with E-state index in [-0.39, 0.29) is 4.90 Å². The van der Waals surface area contributed by atoms with Gasteiger partial charge in [-0.3, -0.25) is 4.79 Å². The van der Waals surface area contributed by atoms with E-state index in [9.17, 15) is 13.2 Å². The van der Waals surface area contributed by atoms with Crippen LogP contribution in [0.4, 0.5) is 11.4 Å². The monoisotopic (exact) mass is 426 g/mol. The highest BCUT2D eigenvalue weighted by Crippen LogP contribution is 2.27. The van der Waals surface area contributed by atoms with Crippen molar-refractivity contribution in [1.82, 2.24) is 4.31 Å². The number of nitrogens with zero attached hydrogens (tertiary/aromatic N) is 2. The van der Waals surface area contributed by atoms with Gasteiger partial charge in [0, 0.05) is 25.7 Å². The summed E-state index contributed by atoms with van der Waals surface area (Å²) < 4.78 is 27.0. The number of hydrogen-bond acceptors (Lipinski definition) is 5. The van der Waals surface area contributed by atoms with Crippen LogP contribution in [-0.4, -0.2) is 38.3 Å². The van der Waals surface area contributed by atoms with Gasteiger partial charge < -0.3 is 10.6 Å². The van der Waals surface area contributed by atoms with E-state index in [0.717, 1.165) is 0 Å². The molecule has 2 N–H and O–H groups in total. The summed E-state index contributed by atoms with van der Waals surface area (Å²) in [5.41, 5.74) is 2.23. The molecule has 0 aromatic heterocycles. The van der Waals surface area contributed by atoms with Crippen LogP contribution in [0.15, 0.2) is 53.4 Å². The van der Waals surface area contributed by atoms with Crippen molar-refractivity contribution in [2.45, 2.75) is 25.7 Å². The molecule has 2 aromatic rings. The summed E-state index contributed by atoms with van der Waals surface area (Å²) >= 11 is 0. The molecule has 0 unspecified atom stereocenters. The summed E-state index contributed by atoms with van der Waals surface area (Å²) in [5.74, 6) is -0.408. The van der Waals surface area contributed by atoms with Crippen molar-refractivity contribution in [3.63, 3.8) is 0 Å². The third-order valence-electron chi connectivity index (χ3n) is 4.40. The molecule has 158 valence electrons. The van der Waals surface area contributed by atoms with Gasteiger partial charge in [-0.2, -0.15) is 9.57 Å². The van der Waals surface area contributed by atoms with Crippen molar-refractivity contribution in [3.05, 3.63) is 59.7 Å². The molecule has 0 aliphatic rings. The Morgan fingerprint density at radius 2 is 1.83 bits per heavy atom. The Labute approximate surface area is 178 Å². The average molecular weight is 427 g/mol. The van der Waals surface area contributed by atoms with E-state index in [2.05, 4.69) is 16.7 Å². The molecule has 0 radical (unpaired) electrons. The van der Waals surface area contributed by atoms with Crippen LogP contribution in [0.3, 0.4) is 0 Å². The Kier molecular flexibility index (Phi) is 8.16. The zero-order valence-corrected chi connectivity index (χ0v) is 18.2. The Bertz CT molecular complexity index is 1070. The van der Waals surface area contributed by atoms with E-state index in [1.807, 2.05) is 6.92 Å². The number of hydrogen-bond donors (Lipinski definition) is 2. The molecule has 0 aliphatic carbocycles. The van der Waals surface area contributed by atoms with Crippen LogP contribution in [0, 0.1) is 11.3 Å². The van der Waals surface area contributed by atoms with E-state index in [1.54, 1.807) is 50.3 Å². The van der Waals surface area contributed by atoms with Crippen molar-refractivity contribution in [3.8, 4) is 6.07 Å². The molecule has 2 rings (SSSR count). The minimum atomic E-state index is -3.65. The maximum Gasteiger partial charge on any atom is 0.248 e. The Morgan fingerprint density at radius 3 is 2.47 bits per heavy atom. The predicted molar refractivity (Wildman–Crippen MR) is 120 cm³/mol. The summed E-state index contributed by atoms with van der Waals surface area (Å²) in [4.78, 5) is 12.6. The molecule has 1 amide bonds. The van der Waals surface area contributed by atoms with Gasteiger partial charge in [-0.25, -0.2) is 8.42 Å². The van der Waals surface area contributed by atoms with Crippen LogP contribution in [0.2, 0.25) is 0 Å². The lowest BCUT2D eigenvalue weighted by Gasteiger charge is -2.20. The van der Waals surface area contributed by atoms with Crippen LogP contribution in [0.1, 0.15) is 31.9 Å². The van der Waals surface area contributed by atoms with Gasteiger partial charge in [0.05, 0.1) is 27.9 Å². The lowest BCUT2D eigenvalue weighted by atomic mass is 10.1. The van der Waals surface area contributed by atoms with E-state index >= 15 is 0 Å². The first kappa shape index (κ1) is 23.1. The van der Waals surface area contributed by atoms with E-state index < -0.39 is 15.9 Å². The lowest BCUT2D eigenvalue weighted by Crippen LogP contribution is -2.30. The number of nitrogens with one attached hydrogen (secondary N) is 2. The minimum absolute atomic E-state index is 0.119. The number of rotatable bonds is 9.